The van der Waals surface area contributed by atoms with E-state index in [1.165, 1.54) is 148 Å². The van der Waals surface area contributed by atoms with Crippen LogP contribution in [0.3, 0.4) is 0 Å². The summed E-state index contributed by atoms with van der Waals surface area (Å²) in [4.78, 5) is 16.4. The highest BCUT2D eigenvalue weighted by Gasteiger charge is 2.06. The number of hydrogen-bond donors (Lipinski definition) is 2. The molecule has 0 saturated carbocycles. The summed E-state index contributed by atoms with van der Waals surface area (Å²) in [5.74, 6) is 0.223. The van der Waals surface area contributed by atoms with Gasteiger partial charge in [0.15, 0.2) is 11.6 Å². The Morgan fingerprint density at radius 3 is 1.31 bits per heavy atom. The fourth-order valence-corrected chi connectivity index (χ4v) is 4.79. The number of nitrogens with zero attached hydrogens (tertiary/aromatic N) is 1. The highest BCUT2D eigenvalue weighted by atomic mass is 16.1. The summed E-state index contributed by atoms with van der Waals surface area (Å²) in [6.07, 6.45) is 32.9. The van der Waals surface area contributed by atoms with Crippen LogP contribution in [0.2, 0.25) is 0 Å². The highest BCUT2D eigenvalue weighted by molar-refractivity contribution is 6.38. The number of aliphatic imine (C=N–C) groups is 1. The lowest BCUT2D eigenvalue weighted by Gasteiger charge is -2.05. The standard InChI is InChI=1S/C32H65N3O/c1-3-5-7-9-11-13-15-17-19-21-23-25-28-34-30-27-31(36)32(33)35-29-26-24-22-20-18-16-14-12-10-8-6-4-2/h34H,3-30H2,1-2H3,(H2,33,35). The van der Waals surface area contributed by atoms with Crippen LogP contribution >= 0.6 is 0 Å². The molecule has 0 amide bonds. The minimum Gasteiger partial charge on any atom is -0.381 e. The van der Waals surface area contributed by atoms with Crippen LogP contribution in [-0.2, 0) is 4.79 Å². The third-order valence-corrected chi connectivity index (χ3v) is 7.32. The van der Waals surface area contributed by atoms with Crippen molar-refractivity contribution < 1.29 is 4.79 Å². The van der Waals surface area contributed by atoms with Crippen LogP contribution in [0.5, 0.6) is 0 Å². The molecule has 0 aromatic carbocycles. The zero-order chi connectivity index (χ0) is 26.4. The van der Waals surface area contributed by atoms with Gasteiger partial charge in [0.25, 0.3) is 0 Å². The molecule has 0 rings (SSSR count). The van der Waals surface area contributed by atoms with Gasteiger partial charge in [0, 0.05) is 19.5 Å². The number of nitrogens with two attached hydrogens (primary N) is 1. The lowest BCUT2D eigenvalue weighted by Crippen LogP contribution is -2.28. The molecule has 0 radical (unpaired) electrons. The van der Waals surface area contributed by atoms with E-state index in [0.717, 1.165) is 13.0 Å². The second-order valence-corrected chi connectivity index (χ2v) is 11.0. The average molecular weight is 508 g/mol. The van der Waals surface area contributed by atoms with Crippen molar-refractivity contribution in [3.8, 4) is 0 Å². The molecule has 214 valence electrons. The van der Waals surface area contributed by atoms with Gasteiger partial charge in [-0.3, -0.25) is 9.79 Å². The fraction of sp³-hybridized carbons (Fsp3) is 0.938. The summed E-state index contributed by atoms with van der Waals surface area (Å²) < 4.78 is 0. The molecule has 3 N–H and O–H groups in total. The Morgan fingerprint density at radius 2 is 0.889 bits per heavy atom. The average Bonchev–Trinajstić information content (AvgIpc) is 2.88. The number of hydrogen-bond acceptors (Lipinski definition) is 3. The highest BCUT2D eigenvalue weighted by Crippen LogP contribution is 2.13. The molecule has 36 heavy (non-hydrogen) atoms. The largest absolute Gasteiger partial charge is 0.381 e. The van der Waals surface area contributed by atoms with Crippen molar-refractivity contribution in [1.29, 1.82) is 0 Å². The van der Waals surface area contributed by atoms with E-state index in [4.69, 9.17) is 5.73 Å². The van der Waals surface area contributed by atoms with E-state index in [-0.39, 0.29) is 11.6 Å². The number of amidine groups is 1. The van der Waals surface area contributed by atoms with Crippen molar-refractivity contribution in [2.75, 3.05) is 19.6 Å². The Balaban J connectivity index is 3.36. The molecule has 4 heteroatoms. The molecule has 4 nitrogen and oxygen atoms in total. The molecular weight excluding hydrogens is 442 g/mol. The molecule has 0 bridgehead atoms. The Kier molecular flexibility index (Phi) is 29.6. The predicted octanol–water partition coefficient (Wildman–Crippen LogP) is 9.29. The van der Waals surface area contributed by atoms with Crippen molar-refractivity contribution >= 4 is 11.6 Å². The van der Waals surface area contributed by atoms with Crippen LogP contribution in [-0.4, -0.2) is 31.3 Å². The monoisotopic (exact) mass is 508 g/mol. The number of carbonyl (C=O) groups is 1. The molecule has 0 fully saturated rings. The van der Waals surface area contributed by atoms with Gasteiger partial charge >= 0.3 is 0 Å². The van der Waals surface area contributed by atoms with Crippen molar-refractivity contribution in [2.45, 2.75) is 174 Å². The normalized spacial score (nSPS) is 11.9. The maximum Gasteiger partial charge on any atom is 0.198 e. The topological polar surface area (TPSA) is 67.5 Å². The fourth-order valence-electron chi connectivity index (χ4n) is 4.79. The van der Waals surface area contributed by atoms with E-state index in [2.05, 4.69) is 24.2 Å². The van der Waals surface area contributed by atoms with E-state index in [1.54, 1.807) is 0 Å². The number of nitrogens with one attached hydrogen (secondary N) is 1. The maximum absolute atomic E-state index is 12.1. The summed E-state index contributed by atoms with van der Waals surface area (Å²) in [5.41, 5.74) is 5.89. The molecule has 0 atom stereocenters. The van der Waals surface area contributed by atoms with Gasteiger partial charge in [-0.2, -0.15) is 0 Å². The van der Waals surface area contributed by atoms with Crippen LogP contribution in [0.15, 0.2) is 4.99 Å². The SMILES string of the molecule is CCCCCCCCCCCCCCN=C(N)C(=O)CCNCCCCCCCCCCCCCC. The zero-order valence-electron chi connectivity index (χ0n) is 24.7. The van der Waals surface area contributed by atoms with Gasteiger partial charge in [0.1, 0.15) is 0 Å². The third-order valence-electron chi connectivity index (χ3n) is 7.32. The van der Waals surface area contributed by atoms with E-state index in [1.807, 2.05) is 0 Å². The summed E-state index contributed by atoms with van der Waals surface area (Å²) in [6.45, 7) is 6.96. The first-order valence-corrected chi connectivity index (χ1v) is 16.3. The second-order valence-electron chi connectivity index (χ2n) is 11.0. The molecular formula is C32H65N3O. The number of carbonyl (C=O) groups excluding carboxylic acids is 1. The molecule has 0 aromatic rings. The minimum absolute atomic E-state index is 0.00358. The number of rotatable bonds is 30. The van der Waals surface area contributed by atoms with Crippen molar-refractivity contribution in [3.63, 3.8) is 0 Å². The van der Waals surface area contributed by atoms with Gasteiger partial charge in [-0.05, 0) is 19.4 Å². The molecule has 0 unspecified atom stereocenters. The van der Waals surface area contributed by atoms with Crippen LogP contribution < -0.4 is 11.1 Å². The van der Waals surface area contributed by atoms with Gasteiger partial charge in [-0.1, -0.05) is 155 Å². The van der Waals surface area contributed by atoms with Crippen LogP contribution in [0.4, 0.5) is 0 Å². The lowest BCUT2D eigenvalue weighted by atomic mass is 10.1. The van der Waals surface area contributed by atoms with Gasteiger partial charge in [-0.25, -0.2) is 0 Å². The molecule has 0 aromatic heterocycles. The number of ketones is 1. The Morgan fingerprint density at radius 1 is 0.528 bits per heavy atom. The summed E-state index contributed by atoms with van der Waals surface area (Å²) in [6, 6.07) is 0. The van der Waals surface area contributed by atoms with E-state index < -0.39 is 0 Å². The molecule has 0 heterocycles. The van der Waals surface area contributed by atoms with Crippen molar-refractivity contribution in [3.05, 3.63) is 0 Å². The molecule has 0 saturated heterocycles. The first kappa shape index (κ1) is 35.1. The molecule has 0 aliphatic rings. The first-order valence-electron chi connectivity index (χ1n) is 16.3. The first-order chi connectivity index (χ1) is 17.7. The summed E-state index contributed by atoms with van der Waals surface area (Å²) in [7, 11) is 0. The van der Waals surface area contributed by atoms with Crippen LogP contribution in [0.1, 0.15) is 174 Å². The number of unbranched alkanes of at least 4 members (excludes halogenated alkanes) is 22. The lowest BCUT2D eigenvalue weighted by molar-refractivity contribution is -0.113. The summed E-state index contributed by atoms with van der Waals surface area (Å²) >= 11 is 0. The Hall–Kier alpha value is -0.900. The van der Waals surface area contributed by atoms with Gasteiger partial charge in [0.05, 0.1) is 0 Å². The smallest absolute Gasteiger partial charge is 0.198 e. The zero-order valence-corrected chi connectivity index (χ0v) is 24.7. The van der Waals surface area contributed by atoms with Crippen LogP contribution in [0, 0.1) is 0 Å². The molecule has 0 aliphatic heterocycles. The second kappa shape index (κ2) is 30.3. The maximum atomic E-state index is 12.1. The summed E-state index contributed by atoms with van der Waals surface area (Å²) in [5, 5.41) is 3.39. The van der Waals surface area contributed by atoms with Crippen molar-refractivity contribution in [1.82, 2.24) is 5.32 Å². The van der Waals surface area contributed by atoms with Gasteiger partial charge in [-0.15, -0.1) is 0 Å². The van der Waals surface area contributed by atoms with Crippen molar-refractivity contribution in [2.24, 2.45) is 10.7 Å². The quantitative estimate of drug-likeness (QED) is 0.0578. The Bertz CT molecular complexity index is 478. The molecule has 0 aliphatic carbocycles. The predicted molar refractivity (Wildman–Crippen MR) is 161 cm³/mol. The van der Waals surface area contributed by atoms with Crippen LogP contribution in [0.25, 0.3) is 0 Å². The van der Waals surface area contributed by atoms with E-state index in [0.29, 0.717) is 19.5 Å². The minimum atomic E-state index is -0.00358. The van der Waals surface area contributed by atoms with E-state index >= 15 is 0 Å². The Labute approximate surface area is 226 Å². The third kappa shape index (κ3) is 27.7. The number of Topliss-reactive ketones (excluding diaryl/α,β-unsaturated/α-hetero) is 1. The van der Waals surface area contributed by atoms with E-state index in [9.17, 15) is 4.79 Å². The van der Waals surface area contributed by atoms with Gasteiger partial charge < -0.3 is 11.1 Å². The molecule has 0 spiro atoms. The van der Waals surface area contributed by atoms with Gasteiger partial charge in [0.2, 0.25) is 0 Å².